The Bertz CT molecular complexity index is 549. The summed E-state index contributed by atoms with van der Waals surface area (Å²) in [6.07, 6.45) is 1.69. The monoisotopic (exact) mass is 253 g/mol. The predicted octanol–water partition coefficient (Wildman–Crippen LogP) is 3.50. The van der Waals surface area contributed by atoms with Crippen LogP contribution >= 0.6 is 0 Å². The van der Waals surface area contributed by atoms with Crippen molar-refractivity contribution in [3.63, 3.8) is 0 Å². The van der Waals surface area contributed by atoms with Gasteiger partial charge < -0.3 is 5.21 Å². The normalized spacial score (nSPS) is 12.4. The molecular weight excluding hydrogens is 238 g/mol. The van der Waals surface area contributed by atoms with Crippen molar-refractivity contribution in [1.82, 2.24) is 0 Å². The summed E-state index contributed by atoms with van der Waals surface area (Å²) in [5.41, 5.74) is 1.64. The molecule has 0 aromatic heterocycles. The van der Waals surface area contributed by atoms with E-state index >= 15 is 0 Å². The maximum absolute atomic E-state index is 12.2. The molecule has 0 aliphatic heterocycles. The number of ketones is 1. The molecule has 2 aromatic rings. The number of benzene rings is 2. The molecule has 0 saturated carbocycles. The van der Waals surface area contributed by atoms with Gasteiger partial charge in [0, 0.05) is 17.9 Å². The van der Waals surface area contributed by atoms with Crippen LogP contribution in [0.4, 0.5) is 0 Å². The number of hydrogen-bond acceptors (Lipinski definition) is 3. The van der Waals surface area contributed by atoms with Crippen LogP contribution in [0.3, 0.4) is 0 Å². The molecule has 0 bridgehead atoms. The lowest BCUT2D eigenvalue weighted by Crippen LogP contribution is -2.09. The van der Waals surface area contributed by atoms with Gasteiger partial charge in [-0.15, -0.1) is 5.16 Å². The van der Waals surface area contributed by atoms with Gasteiger partial charge in [-0.05, 0) is 5.56 Å². The average Bonchev–Trinajstić information content (AvgIpc) is 2.48. The van der Waals surface area contributed by atoms with Gasteiger partial charge >= 0.3 is 0 Å². The zero-order valence-electron chi connectivity index (χ0n) is 10.4. The fraction of sp³-hybridized carbons (Fsp3) is 0.125. The molecule has 0 fully saturated rings. The highest BCUT2D eigenvalue weighted by Gasteiger charge is 2.15. The molecule has 0 spiro atoms. The first-order valence-corrected chi connectivity index (χ1v) is 6.12. The number of Topliss-reactive ketones (excluding diaryl/α,β-unsaturated/α-hetero) is 1. The molecule has 19 heavy (non-hydrogen) atoms. The number of oxime groups is 1. The quantitative estimate of drug-likeness (QED) is 0.383. The minimum atomic E-state index is -0.209. The van der Waals surface area contributed by atoms with E-state index in [-0.39, 0.29) is 18.1 Å². The van der Waals surface area contributed by atoms with Gasteiger partial charge in [0.2, 0.25) is 0 Å². The van der Waals surface area contributed by atoms with Crippen LogP contribution in [-0.2, 0) is 0 Å². The molecule has 0 aliphatic carbocycles. The van der Waals surface area contributed by atoms with Gasteiger partial charge in [-0.1, -0.05) is 60.7 Å². The number of rotatable bonds is 5. The Morgan fingerprint density at radius 3 is 2.21 bits per heavy atom. The zero-order valence-corrected chi connectivity index (χ0v) is 10.4. The maximum Gasteiger partial charge on any atom is 0.163 e. The molecule has 1 N–H and O–H groups in total. The highest BCUT2D eigenvalue weighted by molar-refractivity contribution is 5.98. The van der Waals surface area contributed by atoms with Crippen LogP contribution in [0.5, 0.6) is 0 Å². The van der Waals surface area contributed by atoms with Crippen LogP contribution in [0.2, 0.25) is 0 Å². The second kappa shape index (κ2) is 6.50. The first kappa shape index (κ1) is 13.0. The van der Waals surface area contributed by atoms with E-state index in [1.807, 2.05) is 48.5 Å². The van der Waals surface area contributed by atoms with E-state index in [1.165, 1.54) is 6.21 Å². The lowest BCUT2D eigenvalue weighted by molar-refractivity contribution is 0.0980. The Kier molecular flexibility index (Phi) is 4.45. The summed E-state index contributed by atoms with van der Waals surface area (Å²) in [6.45, 7) is 0. The molecule has 1 atom stereocenters. The summed E-state index contributed by atoms with van der Waals surface area (Å²) in [6, 6.07) is 18.7. The standard InChI is InChI=1S/C16H15NO2/c18-16(14-9-5-2-6-10-14)11-15(12-17-19)13-7-3-1-4-8-13/h1-10,12,15,19H,11H2/b17-12+. The average molecular weight is 253 g/mol. The molecule has 0 amide bonds. The molecule has 0 aliphatic rings. The maximum atomic E-state index is 12.2. The van der Waals surface area contributed by atoms with Crippen LogP contribution in [0, 0.1) is 0 Å². The number of nitrogens with zero attached hydrogens (tertiary/aromatic N) is 1. The molecule has 3 heteroatoms. The SMILES string of the molecule is O=C(CC(/C=N/O)c1ccccc1)c1ccccc1. The van der Waals surface area contributed by atoms with Crippen molar-refractivity contribution < 1.29 is 10.0 Å². The Morgan fingerprint density at radius 2 is 1.63 bits per heavy atom. The summed E-state index contributed by atoms with van der Waals surface area (Å²) in [5, 5.41) is 11.8. The van der Waals surface area contributed by atoms with E-state index in [9.17, 15) is 4.79 Å². The van der Waals surface area contributed by atoms with Crippen LogP contribution < -0.4 is 0 Å². The van der Waals surface area contributed by atoms with Gasteiger partial charge in [0.05, 0.1) is 6.21 Å². The van der Waals surface area contributed by atoms with Crippen molar-refractivity contribution in [3.8, 4) is 0 Å². The summed E-state index contributed by atoms with van der Waals surface area (Å²) >= 11 is 0. The highest BCUT2D eigenvalue weighted by Crippen LogP contribution is 2.20. The Balaban J connectivity index is 2.16. The summed E-state index contributed by atoms with van der Waals surface area (Å²) < 4.78 is 0. The van der Waals surface area contributed by atoms with E-state index in [2.05, 4.69) is 5.16 Å². The molecule has 3 nitrogen and oxygen atoms in total. The fourth-order valence-electron chi connectivity index (χ4n) is 1.98. The van der Waals surface area contributed by atoms with E-state index in [0.29, 0.717) is 5.56 Å². The van der Waals surface area contributed by atoms with Gasteiger partial charge in [0.1, 0.15) is 0 Å². The van der Waals surface area contributed by atoms with Crippen molar-refractivity contribution in [2.75, 3.05) is 0 Å². The van der Waals surface area contributed by atoms with Crippen LogP contribution in [0.25, 0.3) is 0 Å². The van der Waals surface area contributed by atoms with Crippen LogP contribution in [0.15, 0.2) is 65.8 Å². The molecule has 0 radical (unpaired) electrons. The topological polar surface area (TPSA) is 49.7 Å². The second-order valence-electron chi connectivity index (χ2n) is 4.28. The third-order valence-corrected chi connectivity index (χ3v) is 2.98. The molecule has 96 valence electrons. The highest BCUT2D eigenvalue weighted by atomic mass is 16.4. The van der Waals surface area contributed by atoms with E-state index < -0.39 is 0 Å². The summed E-state index contributed by atoms with van der Waals surface area (Å²) in [4.78, 5) is 12.2. The molecule has 1 unspecified atom stereocenters. The zero-order chi connectivity index (χ0) is 13.5. The molecule has 2 aromatic carbocycles. The number of hydrogen-bond donors (Lipinski definition) is 1. The first-order chi connectivity index (χ1) is 9.31. The Morgan fingerprint density at radius 1 is 1.05 bits per heavy atom. The Labute approximate surface area is 112 Å². The summed E-state index contributed by atoms with van der Waals surface area (Å²) in [5.74, 6) is -0.173. The lowest BCUT2D eigenvalue weighted by atomic mass is 9.92. The fourth-order valence-corrected chi connectivity index (χ4v) is 1.98. The molecule has 0 heterocycles. The number of carbonyl (C=O) groups excluding carboxylic acids is 1. The van der Waals surface area contributed by atoms with Gasteiger partial charge in [-0.3, -0.25) is 4.79 Å². The molecule has 0 saturated heterocycles. The summed E-state index contributed by atoms with van der Waals surface area (Å²) in [7, 11) is 0. The van der Waals surface area contributed by atoms with Crippen LogP contribution in [-0.4, -0.2) is 17.2 Å². The van der Waals surface area contributed by atoms with Gasteiger partial charge in [0.15, 0.2) is 5.78 Å². The first-order valence-electron chi connectivity index (χ1n) is 6.12. The van der Waals surface area contributed by atoms with Gasteiger partial charge in [-0.2, -0.15) is 0 Å². The van der Waals surface area contributed by atoms with E-state index in [0.717, 1.165) is 5.56 Å². The van der Waals surface area contributed by atoms with Crippen molar-refractivity contribution >= 4 is 12.0 Å². The van der Waals surface area contributed by atoms with Crippen molar-refractivity contribution in [2.45, 2.75) is 12.3 Å². The van der Waals surface area contributed by atoms with Gasteiger partial charge in [-0.25, -0.2) is 0 Å². The third-order valence-electron chi connectivity index (χ3n) is 2.98. The minimum Gasteiger partial charge on any atom is -0.411 e. The van der Waals surface area contributed by atoms with Crippen molar-refractivity contribution in [2.24, 2.45) is 5.16 Å². The second-order valence-corrected chi connectivity index (χ2v) is 4.28. The molecule has 2 rings (SSSR count). The van der Waals surface area contributed by atoms with Crippen molar-refractivity contribution in [1.29, 1.82) is 0 Å². The predicted molar refractivity (Wildman–Crippen MR) is 74.9 cm³/mol. The van der Waals surface area contributed by atoms with E-state index in [4.69, 9.17) is 5.21 Å². The van der Waals surface area contributed by atoms with Crippen LogP contribution in [0.1, 0.15) is 28.3 Å². The van der Waals surface area contributed by atoms with E-state index in [1.54, 1.807) is 12.1 Å². The smallest absolute Gasteiger partial charge is 0.163 e. The Hall–Kier alpha value is -2.42. The van der Waals surface area contributed by atoms with Crippen molar-refractivity contribution in [3.05, 3.63) is 71.8 Å². The third kappa shape index (κ3) is 3.52. The lowest BCUT2D eigenvalue weighted by Gasteiger charge is -2.11. The largest absolute Gasteiger partial charge is 0.411 e. The molecular formula is C16H15NO2. The number of carbonyl (C=O) groups is 1. The minimum absolute atomic E-state index is 0.0364. The van der Waals surface area contributed by atoms with Gasteiger partial charge in [0.25, 0.3) is 0 Å².